The Labute approximate surface area is 86.4 Å². The third kappa shape index (κ3) is 2.09. The lowest BCUT2D eigenvalue weighted by Gasteiger charge is -2.09. The van der Waals surface area contributed by atoms with E-state index in [0.29, 0.717) is 5.56 Å². The molecule has 0 saturated carbocycles. The molecule has 0 bridgehead atoms. The van der Waals surface area contributed by atoms with Crippen LogP contribution in [0.1, 0.15) is 11.1 Å². The van der Waals surface area contributed by atoms with Crippen molar-refractivity contribution in [3.63, 3.8) is 0 Å². The van der Waals surface area contributed by atoms with Crippen molar-refractivity contribution >= 4 is 20.3 Å². The van der Waals surface area contributed by atoms with E-state index in [9.17, 15) is 4.79 Å². The first-order chi connectivity index (χ1) is 6.72. The molecule has 0 unspecified atom stereocenters. The smallest absolute Gasteiger partial charge is 0.233 e. The summed E-state index contributed by atoms with van der Waals surface area (Å²) in [5.41, 5.74) is 5.61. The summed E-state index contributed by atoms with van der Waals surface area (Å²) >= 11 is 0. The summed E-state index contributed by atoms with van der Waals surface area (Å²) in [5, 5.41) is 1.06. The van der Waals surface area contributed by atoms with Crippen LogP contribution in [0.3, 0.4) is 0 Å². The molecule has 0 fully saturated rings. The summed E-state index contributed by atoms with van der Waals surface area (Å²) in [5.74, 6) is 0. The fourth-order valence-corrected chi connectivity index (χ4v) is 3.07. The maximum Gasteiger partial charge on any atom is 0.233 e. The zero-order chi connectivity index (χ0) is 10.6. The first kappa shape index (κ1) is 10.7. The Balaban J connectivity index is 3.27. The number of hydrogen-bond donors (Lipinski definition) is 0. The van der Waals surface area contributed by atoms with Crippen molar-refractivity contribution in [2.24, 2.45) is 0 Å². The molecule has 1 rings (SSSR count). The summed E-state index contributed by atoms with van der Waals surface area (Å²) in [6.45, 7) is 9.56. The van der Waals surface area contributed by atoms with E-state index >= 15 is 0 Å². The van der Waals surface area contributed by atoms with E-state index in [1.807, 2.05) is 42.8 Å². The molecule has 0 heterocycles. The second-order valence-corrected chi connectivity index (χ2v) is 5.81. The SMILES string of the molecule is C=C[SiH](C=C)c1cc(C)ccc1[C]=O. The molecule has 71 valence electrons. The molecule has 0 aliphatic carbocycles. The molecule has 1 nitrogen and oxygen atoms in total. The van der Waals surface area contributed by atoms with E-state index in [-0.39, 0.29) is 0 Å². The molecular formula is C12H13OSi. The highest BCUT2D eigenvalue weighted by Gasteiger charge is 2.10. The number of aryl methyl sites for hydroxylation is 1. The van der Waals surface area contributed by atoms with Crippen LogP contribution in [0.4, 0.5) is 0 Å². The minimum atomic E-state index is -1.37. The van der Waals surface area contributed by atoms with E-state index in [2.05, 4.69) is 13.2 Å². The first-order valence-electron chi connectivity index (χ1n) is 4.46. The van der Waals surface area contributed by atoms with Gasteiger partial charge in [-0.15, -0.1) is 13.2 Å². The Morgan fingerprint density at radius 2 is 2.00 bits per heavy atom. The van der Waals surface area contributed by atoms with Crippen LogP contribution < -0.4 is 5.19 Å². The lowest BCUT2D eigenvalue weighted by atomic mass is 10.2. The van der Waals surface area contributed by atoms with Gasteiger partial charge in [0, 0.05) is 5.56 Å². The first-order valence-corrected chi connectivity index (χ1v) is 6.37. The van der Waals surface area contributed by atoms with Crippen LogP contribution in [0.2, 0.25) is 0 Å². The monoisotopic (exact) mass is 201 g/mol. The highest BCUT2D eigenvalue weighted by Crippen LogP contribution is 2.01. The summed E-state index contributed by atoms with van der Waals surface area (Å²) in [6, 6.07) is 5.76. The van der Waals surface area contributed by atoms with Gasteiger partial charge in [0.2, 0.25) is 6.29 Å². The Bertz CT molecular complexity index is 361. The van der Waals surface area contributed by atoms with Crippen molar-refractivity contribution in [1.82, 2.24) is 0 Å². The molecule has 14 heavy (non-hydrogen) atoms. The number of carbonyl (C=O) groups excluding carboxylic acids is 1. The lowest BCUT2D eigenvalue weighted by molar-refractivity contribution is 0.563. The van der Waals surface area contributed by atoms with Gasteiger partial charge in [-0.2, -0.15) is 0 Å². The third-order valence-corrected chi connectivity index (χ3v) is 4.40. The quantitative estimate of drug-likeness (QED) is 0.672. The van der Waals surface area contributed by atoms with E-state index < -0.39 is 8.80 Å². The van der Waals surface area contributed by atoms with E-state index in [4.69, 9.17) is 0 Å². The average molecular weight is 201 g/mol. The second-order valence-electron chi connectivity index (χ2n) is 3.19. The van der Waals surface area contributed by atoms with Crippen LogP contribution >= 0.6 is 0 Å². The van der Waals surface area contributed by atoms with Crippen molar-refractivity contribution in [3.8, 4) is 0 Å². The molecule has 0 saturated heterocycles. The molecule has 0 aromatic heterocycles. The summed E-state index contributed by atoms with van der Waals surface area (Å²) in [4.78, 5) is 10.7. The van der Waals surface area contributed by atoms with Gasteiger partial charge in [0.05, 0.1) is 0 Å². The molecule has 0 N–H and O–H groups in total. The predicted molar refractivity (Wildman–Crippen MR) is 63.2 cm³/mol. The Hall–Kier alpha value is -1.41. The van der Waals surface area contributed by atoms with Gasteiger partial charge in [-0.05, 0) is 12.1 Å². The minimum Gasteiger partial charge on any atom is -0.285 e. The van der Waals surface area contributed by atoms with Gasteiger partial charge in [-0.3, -0.25) is 4.79 Å². The normalized spacial score (nSPS) is 9.86. The van der Waals surface area contributed by atoms with Gasteiger partial charge < -0.3 is 0 Å². The number of benzene rings is 1. The number of hydrogen-bond acceptors (Lipinski definition) is 1. The van der Waals surface area contributed by atoms with Crippen LogP contribution in [-0.4, -0.2) is 15.1 Å². The molecule has 0 aliphatic rings. The summed E-state index contributed by atoms with van der Waals surface area (Å²) < 4.78 is 0. The highest BCUT2D eigenvalue weighted by atomic mass is 28.3. The Kier molecular flexibility index (Phi) is 3.60. The van der Waals surface area contributed by atoms with Crippen LogP contribution in [-0.2, 0) is 4.79 Å². The van der Waals surface area contributed by atoms with Crippen LogP contribution in [0.15, 0.2) is 42.8 Å². The van der Waals surface area contributed by atoms with Gasteiger partial charge in [0.1, 0.15) is 8.80 Å². The number of rotatable bonds is 4. The van der Waals surface area contributed by atoms with Gasteiger partial charge in [0.15, 0.2) is 0 Å². The molecule has 0 atom stereocenters. The van der Waals surface area contributed by atoms with Crippen molar-refractivity contribution < 1.29 is 4.79 Å². The molecule has 0 aliphatic heterocycles. The average Bonchev–Trinajstić information content (AvgIpc) is 2.20. The molecular weight excluding hydrogens is 188 g/mol. The largest absolute Gasteiger partial charge is 0.285 e. The van der Waals surface area contributed by atoms with E-state index in [1.165, 1.54) is 0 Å². The fourth-order valence-electron chi connectivity index (χ4n) is 1.40. The molecule has 1 aromatic rings. The molecule has 1 aromatic carbocycles. The minimum absolute atomic E-state index is 0.645. The van der Waals surface area contributed by atoms with E-state index in [1.54, 1.807) is 0 Å². The molecule has 2 heteroatoms. The fraction of sp³-hybridized carbons (Fsp3) is 0.0833. The van der Waals surface area contributed by atoms with Crippen LogP contribution in [0.25, 0.3) is 0 Å². The van der Waals surface area contributed by atoms with Gasteiger partial charge >= 0.3 is 0 Å². The molecule has 1 radical (unpaired) electrons. The van der Waals surface area contributed by atoms with Crippen LogP contribution in [0.5, 0.6) is 0 Å². The van der Waals surface area contributed by atoms with Crippen LogP contribution in [0, 0.1) is 6.92 Å². The van der Waals surface area contributed by atoms with E-state index in [0.717, 1.165) is 10.8 Å². The zero-order valence-electron chi connectivity index (χ0n) is 8.29. The highest BCUT2D eigenvalue weighted by molar-refractivity contribution is 6.82. The third-order valence-electron chi connectivity index (χ3n) is 2.18. The summed E-state index contributed by atoms with van der Waals surface area (Å²) in [7, 11) is -1.37. The van der Waals surface area contributed by atoms with Gasteiger partial charge in [0.25, 0.3) is 0 Å². The molecule has 0 spiro atoms. The van der Waals surface area contributed by atoms with Gasteiger partial charge in [-0.25, -0.2) is 0 Å². The standard InChI is InChI=1S/C12H13OSi/c1-4-14(5-2)12-8-10(3)6-7-11(12)9-13/h4-8,14H,1-2H2,3H3. The zero-order valence-corrected chi connectivity index (χ0v) is 9.44. The lowest BCUT2D eigenvalue weighted by Crippen LogP contribution is -2.29. The topological polar surface area (TPSA) is 17.1 Å². The Morgan fingerprint density at radius 1 is 1.36 bits per heavy atom. The van der Waals surface area contributed by atoms with Crippen molar-refractivity contribution in [1.29, 1.82) is 0 Å². The second kappa shape index (κ2) is 4.72. The van der Waals surface area contributed by atoms with Crippen molar-refractivity contribution in [3.05, 3.63) is 53.9 Å². The van der Waals surface area contributed by atoms with Crippen molar-refractivity contribution in [2.75, 3.05) is 0 Å². The van der Waals surface area contributed by atoms with Gasteiger partial charge in [-0.1, -0.05) is 35.2 Å². The van der Waals surface area contributed by atoms with Crippen molar-refractivity contribution in [2.45, 2.75) is 6.92 Å². The summed E-state index contributed by atoms with van der Waals surface area (Å²) in [6.07, 6.45) is 1.96. The maximum absolute atomic E-state index is 10.7. The predicted octanol–water partition coefficient (Wildman–Crippen LogP) is 1.34. The molecule has 0 amide bonds. The Morgan fingerprint density at radius 3 is 2.50 bits per heavy atom. The maximum atomic E-state index is 10.7.